The standard InChI is InChI=1S/C21H24ClFN2O3/c1-4-24-21(27)15(3)25(12-16-7-5-6-8-19(16)23)20(26)13-28-17-9-10-18(22)14(2)11-17/h5-11,15H,4,12-13H2,1-3H3,(H,24,27)/t15-/m0/s1. The van der Waals surface area contributed by atoms with Crippen LogP contribution in [0.1, 0.15) is 25.0 Å². The van der Waals surface area contributed by atoms with Crippen molar-refractivity contribution in [1.29, 1.82) is 0 Å². The van der Waals surface area contributed by atoms with E-state index in [9.17, 15) is 14.0 Å². The van der Waals surface area contributed by atoms with Crippen molar-refractivity contribution in [1.82, 2.24) is 10.2 Å². The number of amides is 2. The molecule has 2 aromatic carbocycles. The normalized spacial score (nSPS) is 11.6. The van der Waals surface area contributed by atoms with E-state index < -0.39 is 17.8 Å². The molecule has 0 aliphatic rings. The minimum absolute atomic E-state index is 0.0349. The highest BCUT2D eigenvalue weighted by Crippen LogP contribution is 2.21. The smallest absolute Gasteiger partial charge is 0.261 e. The second-order valence-corrected chi connectivity index (χ2v) is 6.79. The van der Waals surface area contributed by atoms with Crippen LogP contribution in [0.5, 0.6) is 5.75 Å². The Hall–Kier alpha value is -2.60. The van der Waals surface area contributed by atoms with Crippen molar-refractivity contribution in [3.63, 3.8) is 0 Å². The van der Waals surface area contributed by atoms with Crippen LogP contribution >= 0.6 is 11.6 Å². The third kappa shape index (κ3) is 5.70. The van der Waals surface area contributed by atoms with Crippen LogP contribution in [0.15, 0.2) is 42.5 Å². The predicted molar refractivity (Wildman–Crippen MR) is 107 cm³/mol. The number of likely N-dealkylation sites (N-methyl/N-ethyl adjacent to an activating group) is 1. The van der Waals surface area contributed by atoms with Gasteiger partial charge >= 0.3 is 0 Å². The average molecular weight is 407 g/mol. The number of halogens is 2. The van der Waals surface area contributed by atoms with E-state index in [1.54, 1.807) is 50.2 Å². The number of ether oxygens (including phenoxy) is 1. The highest BCUT2D eigenvalue weighted by molar-refractivity contribution is 6.31. The van der Waals surface area contributed by atoms with Gasteiger partial charge in [0.25, 0.3) is 5.91 Å². The first kappa shape index (κ1) is 21.7. The molecule has 28 heavy (non-hydrogen) atoms. The fraction of sp³-hybridized carbons (Fsp3) is 0.333. The number of hydrogen-bond acceptors (Lipinski definition) is 3. The van der Waals surface area contributed by atoms with Crippen LogP contribution in [-0.2, 0) is 16.1 Å². The van der Waals surface area contributed by atoms with Crippen LogP contribution in [0, 0.1) is 12.7 Å². The molecule has 0 radical (unpaired) electrons. The average Bonchev–Trinajstić information content (AvgIpc) is 2.67. The van der Waals surface area contributed by atoms with E-state index >= 15 is 0 Å². The zero-order valence-electron chi connectivity index (χ0n) is 16.2. The van der Waals surface area contributed by atoms with E-state index in [0.717, 1.165) is 5.56 Å². The van der Waals surface area contributed by atoms with Gasteiger partial charge in [-0.2, -0.15) is 0 Å². The third-order valence-corrected chi connectivity index (χ3v) is 4.73. The van der Waals surface area contributed by atoms with E-state index in [1.807, 2.05) is 6.92 Å². The molecule has 5 nitrogen and oxygen atoms in total. The molecule has 1 N–H and O–H groups in total. The van der Waals surface area contributed by atoms with Crippen molar-refractivity contribution >= 4 is 23.4 Å². The van der Waals surface area contributed by atoms with Crippen molar-refractivity contribution in [2.24, 2.45) is 0 Å². The number of carbonyl (C=O) groups is 2. The number of nitrogens with one attached hydrogen (secondary N) is 1. The van der Waals surface area contributed by atoms with E-state index in [2.05, 4.69) is 5.32 Å². The van der Waals surface area contributed by atoms with Crippen LogP contribution in [0.3, 0.4) is 0 Å². The maximum Gasteiger partial charge on any atom is 0.261 e. The molecule has 0 fully saturated rings. The summed E-state index contributed by atoms with van der Waals surface area (Å²) in [5.74, 6) is -0.673. The number of carbonyl (C=O) groups excluding carboxylic acids is 2. The highest BCUT2D eigenvalue weighted by atomic mass is 35.5. The highest BCUT2D eigenvalue weighted by Gasteiger charge is 2.27. The second-order valence-electron chi connectivity index (χ2n) is 6.38. The Morgan fingerprint density at radius 3 is 2.61 bits per heavy atom. The summed E-state index contributed by atoms with van der Waals surface area (Å²) in [5, 5.41) is 3.29. The number of nitrogens with zero attached hydrogens (tertiary/aromatic N) is 1. The summed E-state index contributed by atoms with van der Waals surface area (Å²) in [5.41, 5.74) is 1.15. The Morgan fingerprint density at radius 1 is 1.25 bits per heavy atom. The van der Waals surface area contributed by atoms with Crippen LogP contribution in [-0.4, -0.2) is 35.9 Å². The minimum Gasteiger partial charge on any atom is -0.484 e. The van der Waals surface area contributed by atoms with Crippen LogP contribution < -0.4 is 10.1 Å². The summed E-state index contributed by atoms with van der Waals surface area (Å²) in [7, 11) is 0. The molecule has 0 aliphatic heterocycles. The van der Waals surface area contributed by atoms with Gasteiger partial charge in [-0.15, -0.1) is 0 Å². The molecule has 150 valence electrons. The quantitative estimate of drug-likeness (QED) is 0.726. The lowest BCUT2D eigenvalue weighted by molar-refractivity contribution is -0.142. The van der Waals surface area contributed by atoms with Crippen molar-refractivity contribution < 1.29 is 18.7 Å². The molecule has 0 aliphatic carbocycles. The van der Waals surface area contributed by atoms with E-state index in [4.69, 9.17) is 16.3 Å². The van der Waals surface area contributed by atoms with Crippen molar-refractivity contribution in [2.75, 3.05) is 13.2 Å². The second kappa shape index (κ2) is 10.1. The van der Waals surface area contributed by atoms with Crippen LogP contribution in [0.2, 0.25) is 5.02 Å². The molecule has 0 heterocycles. The Morgan fingerprint density at radius 2 is 1.96 bits per heavy atom. The largest absolute Gasteiger partial charge is 0.484 e. The number of benzene rings is 2. The lowest BCUT2D eigenvalue weighted by Gasteiger charge is -2.28. The monoisotopic (exact) mass is 406 g/mol. The molecule has 0 unspecified atom stereocenters. The van der Waals surface area contributed by atoms with Gasteiger partial charge in [-0.25, -0.2) is 4.39 Å². The lowest BCUT2D eigenvalue weighted by Crippen LogP contribution is -2.49. The summed E-state index contributed by atoms with van der Waals surface area (Å²) in [6, 6.07) is 10.5. The molecule has 7 heteroatoms. The molecule has 0 spiro atoms. The summed E-state index contributed by atoms with van der Waals surface area (Å²) in [4.78, 5) is 26.4. The predicted octanol–water partition coefficient (Wildman–Crippen LogP) is 3.72. The molecule has 0 bridgehead atoms. The molecular weight excluding hydrogens is 383 g/mol. The van der Waals surface area contributed by atoms with Gasteiger partial charge in [0.05, 0.1) is 0 Å². The van der Waals surface area contributed by atoms with Crippen molar-refractivity contribution in [3.05, 3.63) is 64.4 Å². The summed E-state index contributed by atoms with van der Waals surface area (Å²) in [6.07, 6.45) is 0. The molecule has 2 amide bonds. The molecule has 1 atom stereocenters. The van der Waals surface area contributed by atoms with E-state index in [-0.39, 0.29) is 19.1 Å². The molecule has 0 saturated heterocycles. The van der Waals surface area contributed by atoms with Gasteiger partial charge < -0.3 is 15.0 Å². The fourth-order valence-corrected chi connectivity index (χ4v) is 2.77. The maximum absolute atomic E-state index is 14.1. The lowest BCUT2D eigenvalue weighted by atomic mass is 10.1. The number of hydrogen-bond donors (Lipinski definition) is 1. The first-order valence-corrected chi connectivity index (χ1v) is 9.40. The van der Waals surface area contributed by atoms with Gasteiger partial charge in [0.15, 0.2) is 6.61 Å². The van der Waals surface area contributed by atoms with Gasteiger partial charge in [0.1, 0.15) is 17.6 Å². The summed E-state index contributed by atoms with van der Waals surface area (Å²) in [6.45, 7) is 5.35. The fourth-order valence-electron chi connectivity index (χ4n) is 2.65. The molecular formula is C21H24ClFN2O3. The van der Waals surface area contributed by atoms with Gasteiger partial charge in [0.2, 0.25) is 5.91 Å². The van der Waals surface area contributed by atoms with Crippen LogP contribution in [0.25, 0.3) is 0 Å². The van der Waals surface area contributed by atoms with Gasteiger partial charge in [-0.1, -0.05) is 29.8 Å². The molecule has 2 aromatic rings. The van der Waals surface area contributed by atoms with E-state index in [0.29, 0.717) is 22.9 Å². The zero-order chi connectivity index (χ0) is 20.7. The van der Waals surface area contributed by atoms with E-state index in [1.165, 1.54) is 11.0 Å². The summed E-state index contributed by atoms with van der Waals surface area (Å²) < 4.78 is 19.6. The first-order valence-electron chi connectivity index (χ1n) is 9.03. The minimum atomic E-state index is -0.775. The first-order chi connectivity index (χ1) is 13.3. The Bertz CT molecular complexity index is 844. The summed E-state index contributed by atoms with van der Waals surface area (Å²) >= 11 is 5.99. The maximum atomic E-state index is 14.1. The Kier molecular flexibility index (Phi) is 7.81. The molecule has 2 rings (SSSR count). The number of rotatable bonds is 8. The third-order valence-electron chi connectivity index (χ3n) is 4.31. The van der Waals surface area contributed by atoms with Gasteiger partial charge in [-0.05, 0) is 50.6 Å². The van der Waals surface area contributed by atoms with Gasteiger partial charge in [0, 0.05) is 23.7 Å². The Labute approximate surface area is 169 Å². The SMILES string of the molecule is CCNC(=O)[C@H](C)N(Cc1ccccc1F)C(=O)COc1ccc(Cl)c(C)c1. The zero-order valence-corrected chi connectivity index (χ0v) is 16.9. The molecule has 0 aromatic heterocycles. The number of aryl methyl sites for hydroxylation is 1. The van der Waals surface area contributed by atoms with Gasteiger partial charge in [-0.3, -0.25) is 9.59 Å². The Balaban J connectivity index is 2.16. The molecule has 0 saturated carbocycles. The van der Waals surface area contributed by atoms with Crippen molar-refractivity contribution in [3.8, 4) is 5.75 Å². The van der Waals surface area contributed by atoms with Crippen molar-refractivity contribution in [2.45, 2.75) is 33.4 Å². The van der Waals surface area contributed by atoms with Crippen LogP contribution in [0.4, 0.5) is 4.39 Å². The topological polar surface area (TPSA) is 58.6 Å².